The maximum absolute atomic E-state index is 12.0. The molecule has 0 aliphatic carbocycles. The van der Waals surface area contributed by atoms with E-state index in [9.17, 15) is 14.9 Å². The Morgan fingerprint density at radius 2 is 1.86 bits per heavy atom. The van der Waals surface area contributed by atoms with Gasteiger partial charge in [0.1, 0.15) is 5.69 Å². The van der Waals surface area contributed by atoms with Crippen LogP contribution in [0.2, 0.25) is 0 Å². The van der Waals surface area contributed by atoms with Crippen molar-refractivity contribution in [1.29, 1.82) is 0 Å². The number of benzene rings is 1. The number of carbonyl (C=O) groups excluding carboxylic acids is 1. The quantitative estimate of drug-likeness (QED) is 0.479. The molecule has 0 amide bonds. The number of hydrogen-bond acceptors (Lipinski definition) is 5. The molecule has 1 aromatic heterocycles. The van der Waals surface area contributed by atoms with Gasteiger partial charge in [-0.1, -0.05) is 29.8 Å². The first-order chi connectivity index (χ1) is 9.97. The Morgan fingerprint density at radius 1 is 1.19 bits per heavy atom. The first kappa shape index (κ1) is 14.6. The van der Waals surface area contributed by atoms with Gasteiger partial charge in [-0.3, -0.25) is 4.79 Å². The highest BCUT2D eigenvalue weighted by atomic mass is 16.6. The number of carbonyl (C=O) groups is 1. The van der Waals surface area contributed by atoms with E-state index in [0.29, 0.717) is 11.3 Å². The summed E-state index contributed by atoms with van der Waals surface area (Å²) in [4.78, 5) is 26.0. The van der Waals surface area contributed by atoms with Crippen molar-refractivity contribution in [2.75, 3.05) is 6.61 Å². The molecule has 1 heterocycles. The van der Waals surface area contributed by atoms with Gasteiger partial charge < -0.3 is 14.9 Å². The van der Waals surface area contributed by atoms with Gasteiger partial charge in [-0.2, -0.15) is 0 Å². The Bertz CT molecular complexity index is 681. The number of aromatic nitrogens is 1. The molecule has 0 aliphatic heterocycles. The standard InChI is InChI=1S/C15H14N2O4/c1-10-3-6-12(7-4-10)13(18)9-21-14-8-5-11(2)16-15(14)17(19)20/h3-8H,9H2,1-2H3. The van der Waals surface area contributed by atoms with Crippen LogP contribution in [0.5, 0.6) is 5.75 Å². The lowest BCUT2D eigenvalue weighted by atomic mass is 10.1. The van der Waals surface area contributed by atoms with E-state index in [1.165, 1.54) is 6.07 Å². The Labute approximate surface area is 121 Å². The molecule has 0 N–H and O–H groups in total. The zero-order chi connectivity index (χ0) is 15.4. The molecule has 0 fully saturated rings. The first-order valence-electron chi connectivity index (χ1n) is 6.32. The lowest BCUT2D eigenvalue weighted by Gasteiger charge is -2.06. The van der Waals surface area contributed by atoms with Gasteiger partial charge in [0.2, 0.25) is 5.75 Å². The molecule has 0 atom stereocenters. The lowest BCUT2D eigenvalue weighted by Crippen LogP contribution is -2.12. The van der Waals surface area contributed by atoms with Crippen LogP contribution in [0.15, 0.2) is 36.4 Å². The largest absolute Gasteiger partial charge is 0.477 e. The highest BCUT2D eigenvalue weighted by Crippen LogP contribution is 2.24. The number of Topliss-reactive ketones (excluding diaryl/α,β-unsaturated/α-hetero) is 1. The van der Waals surface area contributed by atoms with Crippen molar-refractivity contribution in [3.63, 3.8) is 0 Å². The molecule has 6 heteroatoms. The summed E-state index contributed by atoms with van der Waals surface area (Å²) in [5, 5.41) is 10.9. The van der Waals surface area contributed by atoms with Crippen LogP contribution in [0.25, 0.3) is 0 Å². The maximum Gasteiger partial charge on any atom is 0.406 e. The number of ether oxygens (including phenoxy) is 1. The molecule has 108 valence electrons. The molecule has 2 aromatic rings. The van der Waals surface area contributed by atoms with E-state index in [1.54, 1.807) is 25.1 Å². The first-order valence-corrected chi connectivity index (χ1v) is 6.32. The van der Waals surface area contributed by atoms with Crippen molar-refractivity contribution in [1.82, 2.24) is 4.98 Å². The molecule has 0 aliphatic rings. The summed E-state index contributed by atoms with van der Waals surface area (Å²) in [5.74, 6) is -0.636. The van der Waals surface area contributed by atoms with Crippen molar-refractivity contribution < 1.29 is 14.5 Å². The highest BCUT2D eigenvalue weighted by Gasteiger charge is 2.18. The minimum absolute atomic E-state index is 0.00828. The number of aryl methyl sites for hydroxylation is 2. The summed E-state index contributed by atoms with van der Waals surface area (Å²) >= 11 is 0. The van der Waals surface area contributed by atoms with Gasteiger partial charge in [0.15, 0.2) is 12.4 Å². The lowest BCUT2D eigenvalue weighted by molar-refractivity contribution is -0.390. The van der Waals surface area contributed by atoms with Crippen LogP contribution in [0.3, 0.4) is 0 Å². The maximum atomic E-state index is 12.0. The van der Waals surface area contributed by atoms with E-state index < -0.39 is 4.92 Å². The molecule has 1 aromatic carbocycles. The summed E-state index contributed by atoms with van der Waals surface area (Å²) in [6.45, 7) is 3.30. The summed E-state index contributed by atoms with van der Waals surface area (Å²) < 4.78 is 5.25. The van der Waals surface area contributed by atoms with E-state index in [2.05, 4.69) is 4.98 Å². The molecular weight excluding hydrogens is 272 g/mol. The average molecular weight is 286 g/mol. The van der Waals surface area contributed by atoms with Crippen molar-refractivity contribution in [3.05, 3.63) is 63.3 Å². The Morgan fingerprint density at radius 3 is 2.48 bits per heavy atom. The van der Waals surface area contributed by atoms with Crippen LogP contribution in [0, 0.1) is 24.0 Å². The fourth-order valence-electron chi connectivity index (χ4n) is 1.74. The minimum atomic E-state index is -0.626. The van der Waals surface area contributed by atoms with Crippen LogP contribution < -0.4 is 4.74 Å². The van der Waals surface area contributed by atoms with Crippen LogP contribution in [0.4, 0.5) is 5.82 Å². The van der Waals surface area contributed by atoms with Gasteiger partial charge >= 0.3 is 5.82 Å². The van der Waals surface area contributed by atoms with E-state index >= 15 is 0 Å². The number of nitrogens with zero attached hydrogens (tertiary/aromatic N) is 2. The van der Waals surface area contributed by atoms with Gasteiger partial charge in [-0.25, -0.2) is 0 Å². The third-order valence-electron chi connectivity index (χ3n) is 2.88. The zero-order valence-electron chi connectivity index (χ0n) is 11.7. The van der Waals surface area contributed by atoms with Crippen LogP contribution >= 0.6 is 0 Å². The van der Waals surface area contributed by atoms with Gasteiger partial charge in [0, 0.05) is 12.5 Å². The van der Waals surface area contributed by atoms with Crippen molar-refractivity contribution in [3.8, 4) is 5.75 Å². The van der Waals surface area contributed by atoms with E-state index in [1.807, 2.05) is 19.1 Å². The van der Waals surface area contributed by atoms with Crippen molar-refractivity contribution >= 4 is 11.6 Å². The monoisotopic (exact) mass is 286 g/mol. The fraction of sp³-hybridized carbons (Fsp3) is 0.200. The van der Waals surface area contributed by atoms with E-state index in [0.717, 1.165) is 5.56 Å². The number of ketones is 1. The Hall–Kier alpha value is -2.76. The smallest absolute Gasteiger partial charge is 0.406 e. The van der Waals surface area contributed by atoms with Gasteiger partial charge in [0.05, 0.1) is 0 Å². The summed E-state index contributed by atoms with van der Waals surface area (Å²) in [6.07, 6.45) is 0. The third kappa shape index (κ3) is 3.62. The number of hydrogen-bond donors (Lipinski definition) is 0. The number of rotatable bonds is 5. The molecule has 0 unspecified atom stereocenters. The fourth-order valence-corrected chi connectivity index (χ4v) is 1.74. The van der Waals surface area contributed by atoms with Gasteiger partial charge in [0.25, 0.3) is 0 Å². The zero-order valence-corrected chi connectivity index (χ0v) is 11.7. The summed E-state index contributed by atoms with van der Waals surface area (Å²) in [6, 6.07) is 10.1. The second-order valence-electron chi connectivity index (χ2n) is 4.61. The normalized spacial score (nSPS) is 10.2. The van der Waals surface area contributed by atoms with Crippen LogP contribution in [-0.2, 0) is 0 Å². The Balaban J connectivity index is 2.11. The highest BCUT2D eigenvalue weighted by molar-refractivity contribution is 5.97. The minimum Gasteiger partial charge on any atom is -0.477 e. The third-order valence-corrected chi connectivity index (χ3v) is 2.88. The molecule has 0 radical (unpaired) electrons. The van der Waals surface area contributed by atoms with Crippen LogP contribution in [0.1, 0.15) is 21.6 Å². The van der Waals surface area contributed by atoms with Crippen molar-refractivity contribution in [2.45, 2.75) is 13.8 Å². The molecule has 0 spiro atoms. The summed E-state index contributed by atoms with van der Waals surface area (Å²) in [7, 11) is 0. The molecule has 0 saturated heterocycles. The van der Waals surface area contributed by atoms with Crippen LogP contribution in [-0.4, -0.2) is 22.3 Å². The molecule has 21 heavy (non-hydrogen) atoms. The summed E-state index contributed by atoms with van der Waals surface area (Å²) in [5.41, 5.74) is 2.06. The van der Waals surface area contributed by atoms with Crippen molar-refractivity contribution in [2.24, 2.45) is 0 Å². The molecule has 0 bridgehead atoms. The van der Waals surface area contributed by atoms with Gasteiger partial charge in [-0.15, -0.1) is 0 Å². The molecule has 6 nitrogen and oxygen atoms in total. The SMILES string of the molecule is Cc1ccc(C(=O)COc2ccc(C)nc2[N+](=O)[O-])cc1. The van der Waals surface area contributed by atoms with Gasteiger partial charge in [-0.05, 0) is 29.0 Å². The topological polar surface area (TPSA) is 82.3 Å². The molecule has 2 rings (SSSR count). The predicted molar refractivity (Wildman–Crippen MR) is 76.6 cm³/mol. The second kappa shape index (κ2) is 6.13. The predicted octanol–water partition coefficient (Wildman–Crippen LogP) is 2.87. The Kier molecular flexibility index (Phi) is 4.27. The van der Waals surface area contributed by atoms with E-state index in [4.69, 9.17) is 4.74 Å². The molecular formula is C15H14N2O4. The van der Waals surface area contributed by atoms with E-state index in [-0.39, 0.29) is 24.0 Å². The second-order valence-corrected chi connectivity index (χ2v) is 4.61. The average Bonchev–Trinajstić information content (AvgIpc) is 2.46. The number of nitro groups is 1. The number of pyridine rings is 1. The molecule has 0 saturated carbocycles.